The summed E-state index contributed by atoms with van der Waals surface area (Å²) < 4.78 is 26.7. The summed E-state index contributed by atoms with van der Waals surface area (Å²) in [7, 11) is 0. The van der Waals surface area contributed by atoms with Gasteiger partial charge in [-0.15, -0.1) is 0 Å². The van der Waals surface area contributed by atoms with Gasteiger partial charge in [0.05, 0.1) is 0 Å². The van der Waals surface area contributed by atoms with E-state index in [1.807, 2.05) is 19.9 Å². The molecule has 20 heavy (non-hydrogen) atoms. The largest absolute Gasteiger partial charge is 0.310 e. The van der Waals surface area contributed by atoms with Gasteiger partial charge >= 0.3 is 0 Å². The van der Waals surface area contributed by atoms with Gasteiger partial charge in [-0.2, -0.15) is 0 Å². The van der Waals surface area contributed by atoms with Crippen LogP contribution in [0.4, 0.5) is 8.78 Å². The van der Waals surface area contributed by atoms with Gasteiger partial charge in [0.15, 0.2) is 0 Å². The van der Waals surface area contributed by atoms with E-state index in [1.165, 1.54) is 18.2 Å². The third-order valence-electron chi connectivity index (χ3n) is 3.44. The Labute approximate surface area is 118 Å². The summed E-state index contributed by atoms with van der Waals surface area (Å²) in [6.07, 6.45) is 0.640. The standard InChI is InChI=1S/C17H19F2N/c1-3-20-17(13-5-4-6-15(18)9-13)11-14-10-16(19)8-7-12(14)2/h4-10,17,20H,3,11H2,1-2H3. The maximum Gasteiger partial charge on any atom is 0.123 e. The molecule has 0 saturated heterocycles. The van der Waals surface area contributed by atoms with Gasteiger partial charge in [-0.25, -0.2) is 8.78 Å². The van der Waals surface area contributed by atoms with Gasteiger partial charge in [-0.05, 0) is 60.8 Å². The zero-order valence-electron chi connectivity index (χ0n) is 11.8. The van der Waals surface area contributed by atoms with Crippen LogP contribution in [0.5, 0.6) is 0 Å². The Morgan fingerprint density at radius 2 is 1.80 bits per heavy atom. The molecule has 3 heteroatoms. The second-order valence-corrected chi connectivity index (χ2v) is 4.94. The molecular weight excluding hydrogens is 256 g/mol. The van der Waals surface area contributed by atoms with Gasteiger partial charge in [-0.1, -0.05) is 25.1 Å². The predicted molar refractivity (Wildman–Crippen MR) is 77.7 cm³/mol. The molecule has 0 bridgehead atoms. The summed E-state index contributed by atoms with van der Waals surface area (Å²) in [5.41, 5.74) is 2.88. The maximum atomic E-state index is 13.4. The smallest absolute Gasteiger partial charge is 0.123 e. The topological polar surface area (TPSA) is 12.0 Å². The second-order valence-electron chi connectivity index (χ2n) is 4.94. The molecule has 0 amide bonds. The number of rotatable bonds is 5. The molecule has 2 aromatic carbocycles. The summed E-state index contributed by atoms with van der Waals surface area (Å²) >= 11 is 0. The highest BCUT2D eigenvalue weighted by Gasteiger charge is 2.13. The summed E-state index contributed by atoms with van der Waals surface area (Å²) in [6, 6.07) is 11.3. The van der Waals surface area contributed by atoms with Crippen LogP contribution in [0.25, 0.3) is 0 Å². The van der Waals surface area contributed by atoms with Crippen molar-refractivity contribution in [1.29, 1.82) is 0 Å². The average Bonchev–Trinajstić information content (AvgIpc) is 2.42. The zero-order chi connectivity index (χ0) is 14.5. The van der Waals surface area contributed by atoms with E-state index in [9.17, 15) is 8.78 Å². The number of aryl methyl sites for hydroxylation is 1. The second kappa shape index (κ2) is 6.62. The highest BCUT2D eigenvalue weighted by molar-refractivity contribution is 5.30. The third-order valence-corrected chi connectivity index (χ3v) is 3.44. The van der Waals surface area contributed by atoms with Crippen LogP contribution in [0, 0.1) is 18.6 Å². The van der Waals surface area contributed by atoms with E-state index in [2.05, 4.69) is 5.32 Å². The van der Waals surface area contributed by atoms with Crippen LogP contribution in [-0.4, -0.2) is 6.54 Å². The van der Waals surface area contributed by atoms with Crippen molar-refractivity contribution >= 4 is 0 Å². The fourth-order valence-electron chi connectivity index (χ4n) is 2.36. The molecule has 0 aromatic heterocycles. The predicted octanol–water partition coefficient (Wildman–Crippen LogP) is 4.17. The van der Waals surface area contributed by atoms with Crippen molar-refractivity contribution in [2.24, 2.45) is 0 Å². The van der Waals surface area contributed by atoms with E-state index < -0.39 is 0 Å². The van der Waals surface area contributed by atoms with Crippen LogP contribution in [0.2, 0.25) is 0 Å². The van der Waals surface area contributed by atoms with Gasteiger partial charge in [-0.3, -0.25) is 0 Å². The highest BCUT2D eigenvalue weighted by Crippen LogP contribution is 2.22. The number of hydrogen-bond donors (Lipinski definition) is 1. The van der Waals surface area contributed by atoms with Crippen LogP contribution in [0.3, 0.4) is 0 Å². The van der Waals surface area contributed by atoms with E-state index in [4.69, 9.17) is 0 Å². The first-order valence-electron chi connectivity index (χ1n) is 6.84. The average molecular weight is 275 g/mol. The lowest BCUT2D eigenvalue weighted by molar-refractivity contribution is 0.539. The highest BCUT2D eigenvalue weighted by atomic mass is 19.1. The zero-order valence-corrected chi connectivity index (χ0v) is 11.8. The molecule has 1 unspecified atom stereocenters. The molecule has 2 rings (SSSR count). The van der Waals surface area contributed by atoms with E-state index in [0.29, 0.717) is 6.42 Å². The van der Waals surface area contributed by atoms with Crippen molar-refractivity contribution in [3.63, 3.8) is 0 Å². The Bertz CT molecular complexity index is 581. The minimum absolute atomic E-state index is 0.0174. The van der Waals surface area contributed by atoms with Gasteiger partial charge in [0.1, 0.15) is 11.6 Å². The number of nitrogens with one attached hydrogen (secondary N) is 1. The molecule has 0 radical (unpaired) electrons. The SMILES string of the molecule is CCNC(Cc1cc(F)ccc1C)c1cccc(F)c1. The van der Waals surface area contributed by atoms with Crippen molar-refractivity contribution in [2.75, 3.05) is 6.54 Å². The van der Waals surface area contributed by atoms with Crippen LogP contribution >= 0.6 is 0 Å². The fraction of sp³-hybridized carbons (Fsp3) is 0.294. The lowest BCUT2D eigenvalue weighted by Gasteiger charge is -2.19. The van der Waals surface area contributed by atoms with Gasteiger partial charge in [0.2, 0.25) is 0 Å². The van der Waals surface area contributed by atoms with E-state index in [-0.39, 0.29) is 17.7 Å². The van der Waals surface area contributed by atoms with Crippen LogP contribution in [0.1, 0.15) is 29.7 Å². The molecule has 0 fully saturated rings. The number of halogens is 2. The molecule has 0 aliphatic heterocycles. The maximum absolute atomic E-state index is 13.4. The fourth-order valence-corrected chi connectivity index (χ4v) is 2.36. The molecule has 1 N–H and O–H groups in total. The lowest BCUT2D eigenvalue weighted by atomic mass is 9.96. The van der Waals surface area contributed by atoms with Crippen LogP contribution in [-0.2, 0) is 6.42 Å². The first-order valence-corrected chi connectivity index (χ1v) is 6.84. The molecule has 1 nitrogen and oxygen atoms in total. The van der Waals surface area contributed by atoms with E-state index in [0.717, 1.165) is 23.2 Å². The molecule has 0 spiro atoms. The molecular formula is C17H19F2N. The molecule has 0 saturated carbocycles. The number of likely N-dealkylation sites (N-methyl/N-ethyl adjacent to an activating group) is 1. The van der Waals surface area contributed by atoms with E-state index >= 15 is 0 Å². The summed E-state index contributed by atoms with van der Waals surface area (Å²) in [5, 5.41) is 3.33. The normalized spacial score (nSPS) is 12.4. The summed E-state index contributed by atoms with van der Waals surface area (Å²) in [4.78, 5) is 0. The first kappa shape index (κ1) is 14.7. The van der Waals surface area contributed by atoms with Crippen molar-refractivity contribution in [3.8, 4) is 0 Å². The van der Waals surface area contributed by atoms with Crippen molar-refractivity contribution in [3.05, 3.63) is 70.8 Å². The quantitative estimate of drug-likeness (QED) is 0.863. The molecule has 2 aromatic rings. The third kappa shape index (κ3) is 3.64. The Kier molecular flexibility index (Phi) is 4.85. The van der Waals surface area contributed by atoms with Crippen LogP contribution in [0.15, 0.2) is 42.5 Å². The Hall–Kier alpha value is -1.74. The van der Waals surface area contributed by atoms with Crippen molar-refractivity contribution in [2.45, 2.75) is 26.3 Å². The Balaban J connectivity index is 2.27. The van der Waals surface area contributed by atoms with Gasteiger partial charge in [0.25, 0.3) is 0 Å². The molecule has 0 aliphatic carbocycles. The molecule has 106 valence electrons. The lowest BCUT2D eigenvalue weighted by Crippen LogP contribution is -2.23. The van der Waals surface area contributed by atoms with Crippen molar-refractivity contribution in [1.82, 2.24) is 5.32 Å². The van der Waals surface area contributed by atoms with E-state index in [1.54, 1.807) is 18.2 Å². The molecule has 0 aliphatic rings. The van der Waals surface area contributed by atoms with Crippen LogP contribution < -0.4 is 5.32 Å². The van der Waals surface area contributed by atoms with Gasteiger partial charge in [0, 0.05) is 6.04 Å². The summed E-state index contributed by atoms with van der Waals surface area (Å²) in [6.45, 7) is 4.74. The molecule has 1 atom stereocenters. The Morgan fingerprint density at radius 1 is 1.05 bits per heavy atom. The van der Waals surface area contributed by atoms with Gasteiger partial charge < -0.3 is 5.32 Å². The summed E-state index contributed by atoms with van der Waals surface area (Å²) in [5.74, 6) is -0.485. The minimum atomic E-state index is -0.249. The number of hydrogen-bond acceptors (Lipinski definition) is 1. The Morgan fingerprint density at radius 3 is 2.50 bits per heavy atom. The molecule has 0 heterocycles. The monoisotopic (exact) mass is 275 g/mol. The van der Waals surface area contributed by atoms with Crippen molar-refractivity contribution < 1.29 is 8.78 Å². The minimum Gasteiger partial charge on any atom is -0.310 e. The number of benzene rings is 2. The first-order chi connectivity index (χ1) is 9.60.